The van der Waals surface area contributed by atoms with E-state index in [-0.39, 0.29) is 11.2 Å². The first-order valence-corrected chi connectivity index (χ1v) is 6.10. The van der Waals surface area contributed by atoms with Gasteiger partial charge in [0.2, 0.25) is 0 Å². The zero-order valence-electron chi connectivity index (χ0n) is 10.4. The first-order valence-electron chi connectivity index (χ1n) is 5.56. The van der Waals surface area contributed by atoms with Gasteiger partial charge in [-0.25, -0.2) is 0 Å². The Morgan fingerprint density at radius 3 is 2.44 bits per heavy atom. The Morgan fingerprint density at radius 1 is 1.31 bits per heavy atom. The van der Waals surface area contributed by atoms with Crippen LogP contribution < -0.4 is 0 Å². The van der Waals surface area contributed by atoms with Gasteiger partial charge in [-0.05, 0) is 29.5 Å². The summed E-state index contributed by atoms with van der Waals surface area (Å²) in [4.78, 5) is 11.9. The van der Waals surface area contributed by atoms with E-state index in [1.165, 1.54) is 5.56 Å². The fourth-order valence-electron chi connectivity index (χ4n) is 1.61. The Bertz CT molecular complexity index is 388. The highest BCUT2D eigenvalue weighted by atomic mass is 35.5. The Balaban J connectivity index is 3.14. The molecule has 0 N–H and O–H groups in total. The molecular weight excluding hydrogens is 220 g/mol. The second kappa shape index (κ2) is 5.01. The van der Waals surface area contributed by atoms with Crippen molar-refractivity contribution in [1.82, 2.24) is 0 Å². The SMILES string of the molecule is Cc1ccc(C(C)(C)C)cc1C(=O)CCCl. The van der Waals surface area contributed by atoms with Gasteiger partial charge < -0.3 is 0 Å². The van der Waals surface area contributed by atoms with Crippen LogP contribution in [0.3, 0.4) is 0 Å². The Labute approximate surface area is 103 Å². The normalized spacial score (nSPS) is 11.6. The van der Waals surface area contributed by atoms with Crippen LogP contribution in [-0.2, 0) is 5.41 Å². The van der Waals surface area contributed by atoms with Gasteiger partial charge in [0.1, 0.15) is 0 Å². The first-order chi connectivity index (χ1) is 7.36. The largest absolute Gasteiger partial charge is 0.294 e. The lowest BCUT2D eigenvalue weighted by Crippen LogP contribution is -2.13. The van der Waals surface area contributed by atoms with Crippen molar-refractivity contribution in [2.75, 3.05) is 5.88 Å². The molecule has 0 unspecified atom stereocenters. The lowest BCUT2D eigenvalue weighted by molar-refractivity contribution is 0.0988. The second-order valence-electron chi connectivity index (χ2n) is 5.14. The maximum atomic E-state index is 11.9. The molecule has 0 aliphatic heterocycles. The maximum absolute atomic E-state index is 11.9. The summed E-state index contributed by atoms with van der Waals surface area (Å²) in [5.74, 6) is 0.525. The molecule has 2 heteroatoms. The number of ketones is 1. The molecule has 0 bridgehead atoms. The van der Waals surface area contributed by atoms with Crippen LogP contribution in [0, 0.1) is 6.92 Å². The summed E-state index contributed by atoms with van der Waals surface area (Å²) in [6.45, 7) is 8.41. The maximum Gasteiger partial charge on any atom is 0.164 e. The van der Waals surface area contributed by atoms with Crippen LogP contribution in [0.2, 0.25) is 0 Å². The number of aryl methyl sites for hydroxylation is 1. The van der Waals surface area contributed by atoms with Gasteiger partial charge in [-0.15, -0.1) is 11.6 Å². The van der Waals surface area contributed by atoms with E-state index < -0.39 is 0 Å². The van der Waals surface area contributed by atoms with Crippen LogP contribution in [0.4, 0.5) is 0 Å². The summed E-state index contributed by atoms with van der Waals surface area (Å²) >= 11 is 5.61. The molecule has 0 heterocycles. The van der Waals surface area contributed by atoms with Gasteiger partial charge in [0.25, 0.3) is 0 Å². The number of carbonyl (C=O) groups is 1. The van der Waals surface area contributed by atoms with Crippen molar-refractivity contribution >= 4 is 17.4 Å². The molecule has 0 spiro atoms. The van der Waals surface area contributed by atoms with Crippen LogP contribution in [-0.4, -0.2) is 11.7 Å². The molecule has 0 aliphatic rings. The predicted molar refractivity (Wildman–Crippen MR) is 69.5 cm³/mol. The fourth-order valence-corrected chi connectivity index (χ4v) is 1.78. The molecule has 1 aromatic carbocycles. The minimum Gasteiger partial charge on any atom is -0.294 e. The number of rotatable bonds is 3. The molecular formula is C14H19ClO. The number of hydrogen-bond acceptors (Lipinski definition) is 1. The van der Waals surface area contributed by atoms with E-state index in [1.54, 1.807) is 0 Å². The van der Waals surface area contributed by atoms with Gasteiger partial charge in [0.15, 0.2) is 5.78 Å². The fraction of sp³-hybridized carbons (Fsp3) is 0.500. The van der Waals surface area contributed by atoms with E-state index in [9.17, 15) is 4.79 Å². The molecule has 0 saturated heterocycles. The molecule has 0 amide bonds. The summed E-state index contributed by atoms with van der Waals surface area (Å²) < 4.78 is 0. The van der Waals surface area contributed by atoms with E-state index >= 15 is 0 Å². The highest BCUT2D eigenvalue weighted by Crippen LogP contribution is 2.25. The lowest BCUT2D eigenvalue weighted by atomic mass is 9.84. The first kappa shape index (κ1) is 13.2. The topological polar surface area (TPSA) is 17.1 Å². The molecule has 0 aromatic heterocycles. The molecule has 0 atom stereocenters. The van der Waals surface area contributed by atoms with E-state index in [2.05, 4.69) is 26.8 Å². The average molecular weight is 239 g/mol. The van der Waals surface area contributed by atoms with Crippen molar-refractivity contribution in [3.63, 3.8) is 0 Å². The average Bonchev–Trinajstić information content (AvgIpc) is 2.16. The van der Waals surface area contributed by atoms with E-state index in [1.807, 2.05) is 19.1 Å². The van der Waals surface area contributed by atoms with Gasteiger partial charge in [-0.1, -0.05) is 32.9 Å². The zero-order chi connectivity index (χ0) is 12.3. The molecule has 1 rings (SSSR count). The number of halogens is 1. The molecule has 0 saturated carbocycles. The Kier molecular flexibility index (Phi) is 4.15. The van der Waals surface area contributed by atoms with Gasteiger partial charge in [-0.3, -0.25) is 4.79 Å². The minimum atomic E-state index is 0.0731. The third-order valence-corrected chi connectivity index (χ3v) is 2.91. The number of hydrogen-bond donors (Lipinski definition) is 0. The van der Waals surface area contributed by atoms with Crippen molar-refractivity contribution in [1.29, 1.82) is 0 Å². The quantitative estimate of drug-likeness (QED) is 0.572. The van der Waals surface area contributed by atoms with Crippen molar-refractivity contribution in [3.8, 4) is 0 Å². The Hall–Kier alpha value is -0.820. The summed E-state index contributed by atoms with van der Waals surface area (Å²) in [5.41, 5.74) is 3.11. The molecule has 0 radical (unpaired) electrons. The van der Waals surface area contributed by atoms with Crippen molar-refractivity contribution in [3.05, 3.63) is 34.9 Å². The van der Waals surface area contributed by atoms with Crippen LogP contribution in [0.1, 0.15) is 48.7 Å². The lowest BCUT2D eigenvalue weighted by Gasteiger charge is -2.20. The van der Waals surface area contributed by atoms with E-state index in [0.717, 1.165) is 11.1 Å². The summed E-state index contributed by atoms with van der Waals surface area (Å²) in [7, 11) is 0. The summed E-state index contributed by atoms with van der Waals surface area (Å²) in [5, 5.41) is 0. The zero-order valence-corrected chi connectivity index (χ0v) is 11.2. The number of Topliss-reactive ketones (excluding diaryl/α,β-unsaturated/α-hetero) is 1. The molecule has 88 valence electrons. The van der Waals surface area contributed by atoms with E-state index in [0.29, 0.717) is 12.3 Å². The molecule has 1 nitrogen and oxygen atoms in total. The number of carbonyl (C=O) groups excluding carboxylic acids is 1. The smallest absolute Gasteiger partial charge is 0.164 e. The van der Waals surface area contributed by atoms with Gasteiger partial charge in [0, 0.05) is 17.9 Å². The Morgan fingerprint density at radius 2 is 1.94 bits per heavy atom. The number of benzene rings is 1. The summed E-state index contributed by atoms with van der Waals surface area (Å²) in [6, 6.07) is 6.11. The standard InChI is InChI=1S/C14H19ClO/c1-10-5-6-11(14(2,3)4)9-12(10)13(16)7-8-15/h5-6,9H,7-8H2,1-4H3. The highest BCUT2D eigenvalue weighted by Gasteiger charge is 2.16. The third-order valence-electron chi connectivity index (χ3n) is 2.73. The third kappa shape index (κ3) is 3.08. The second-order valence-corrected chi connectivity index (χ2v) is 5.52. The van der Waals surface area contributed by atoms with Crippen LogP contribution in [0.15, 0.2) is 18.2 Å². The molecule has 0 fully saturated rings. The molecule has 16 heavy (non-hydrogen) atoms. The number of alkyl halides is 1. The van der Waals surface area contributed by atoms with Crippen LogP contribution in [0.25, 0.3) is 0 Å². The van der Waals surface area contributed by atoms with Gasteiger partial charge in [-0.2, -0.15) is 0 Å². The summed E-state index contributed by atoms with van der Waals surface area (Å²) in [6.07, 6.45) is 0.413. The van der Waals surface area contributed by atoms with Crippen molar-refractivity contribution in [2.24, 2.45) is 0 Å². The van der Waals surface area contributed by atoms with Crippen LogP contribution in [0.5, 0.6) is 0 Å². The minimum absolute atomic E-state index is 0.0731. The van der Waals surface area contributed by atoms with E-state index in [4.69, 9.17) is 11.6 Å². The van der Waals surface area contributed by atoms with Gasteiger partial charge >= 0.3 is 0 Å². The highest BCUT2D eigenvalue weighted by molar-refractivity contribution is 6.19. The van der Waals surface area contributed by atoms with Crippen LogP contribution >= 0.6 is 11.6 Å². The van der Waals surface area contributed by atoms with Crippen molar-refractivity contribution in [2.45, 2.75) is 39.5 Å². The predicted octanol–water partition coefficient (Wildman–Crippen LogP) is 4.10. The van der Waals surface area contributed by atoms with Gasteiger partial charge in [0.05, 0.1) is 0 Å². The van der Waals surface area contributed by atoms with Crippen molar-refractivity contribution < 1.29 is 4.79 Å². The molecule has 0 aliphatic carbocycles. The molecule has 1 aromatic rings. The monoisotopic (exact) mass is 238 g/mol.